The third-order valence-electron chi connectivity index (χ3n) is 5.61. The van der Waals surface area contributed by atoms with Gasteiger partial charge in [-0.3, -0.25) is 0 Å². The average Bonchev–Trinajstić information content (AvgIpc) is 3.03. The molecule has 0 atom stereocenters. The van der Waals surface area contributed by atoms with Gasteiger partial charge in [-0.2, -0.15) is 26.3 Å². The molecule has 0 radical (unpaired) electrons. The first-order valence-electron chi connectivity index (χ1n) is 14.6. The molecule has 0 amide bonds. The molecule has 4 aromatic rings. The molecule has 0 saturated heterocycles. The van der Waals surface area contributed by atoms with Crippen LogP contribution in [0.3, 0.4) is 0 Å². The molecule has 0 heterocycles. The molecule has 0 aliphatic carbocycles. The van der Waals surface area contributed by atoms with Crippen LogP contribution in [-0.4, -0.2) is 12.4 Å². The molecule has 236 valence electrons. The highest BCUT2D eigenvalue weighted by molar-refractivity contribution is 5.62. The lowest BCUT2D eigenvalue weighted by Crippen LogP contribution is -2.54. The van der Waals surface area contributed by atoms with Gasteiger partial charge < -0.3 is 10.6 Å². The van der Waals surface area contributed by atoms with Crippen molar-refractivity contribution in [2.24, 2.45) is 0 Å². The highest BCUT2D eigenvalue weighted by atomic mass is 19.4. The van der Waals surface area contributed by atoms with Gasteiger partial charge in [0.1, 0.15) is 0 Å². The Labute approximate surface area is 253 Å². The minimum atomic E-state index is -5.64. The van der Waals surface area contributed by atoms with Gasteiger partial charge in [-0.05, 0) is 59.7 Å². The maximum atomic E-state index is 14.4. The quantitative estimate of drug-likeness (QED) is 0.213. The molecule has 0 spiro atoms. The fraction of sp³-hybridized carbons (Fsp3) is 0.314. The zero-order chi connectivity index (χ0) is 33.1. The summed E-state index contributed by atoms with van der Waals surface area (Å²) in [5.41, 5.74) is -4.00. The van der Waals surface area contributed by atoms with Crippen LogP contribution >= 0.6 is 0 Å². The molecule has 0 aromatic heterocycles. The molecule has 8 heteroatoms. The van der Waals surface area contributed by atoms with Gasteiger partial charge in [-0.25, -0.2) is 0 Å². The summed E-state index contributed by atoms with van der Waals surface area (Å²) in [5, 5.41) is 5.92. The zero-order valence-corrected chi connectivity index (χ0v) is 26.2. The van der Waals surface area contributed by atoms with Crippen molar-refractivity contribution in [3.8, 4) is 0 Å². The van der Waals surface area contributed by atoms with Crippen LogP contribution in [-0.2, 0) is 5.41 Å². The van der Waals surface area contributed by atoms with Gasteiger partial charge in [-0.15, -0.1) is 0 Å². The predicted molar refractivity (Wildman–Crippen MR) is 171 cm³/mol. The largest absolute Gasteiger partial charge is 0.411 e. The number of anilines is 4. The van der Waals surface area contributed by atoms with Gasteiger partial charge >= 0.3 is 12.4 Å². The predicted octanol–water partition coefficient (Wildman–Crippen LogP) is 12.7. The number of halogens is 6. The highest BCUT2D eigenvalue weighted by Gasteiger charge is 2.72. The Balaban J connectivity index is 0.00000204. The Morgan fingerprint density at radius 3 is 0.814 bits per heavy atom. The normalized spacial score (nSPS) is 10.6. The smallest absolute Gasteiger partial charge is 0.356 e. The van der Waals surface area contributed by atoms with Crippen molar-refractivity contribution in [1.82, 2.24) is 0 Å². The van der Waals surface area contributed by atoms with E-state index < -0.39 is 28.9 Å². The van der Waals surface area contributed by atoms with Crippen LogP contribution in [0.4, 0.5) is 49.1 Å². The Morgan fingerprint density at radius 2 is 0.581 bits per heavy atom. The van der Waals surface area contributed by atoms with E-state index in [1.54, 1.807) is 60.7 Å². The van der Waals surface area contributed by atoms with E-state index in [9.17, 15) is 26.3 Å². The summed E-state index contributed by atoms with van der Waals surface area (Å²) in [6, 6.07) is 25.8. The van der Waals surface area contributed by atoms with Crippen LogP contribution in [0.15, 0.2) is 109 Å². The van der Waals surface area contributed by atoms with Crippen molar-refractivity contribution < 1.29 is 26.3 Å². The minimum Gasteiger partial charge on any atom is -0.356 e. The molecular weight excluding hydrogens is 562 g/mol. The molecule has 4 rings (SSSR count). The molecule has 0 saturated carbocycles. The van der Waals surface area contributed by atoms with Crippen molar-refractivity contribution in [3.05, 3.63) is 120 Å². The summed E-state index contributed by atoms with van der Waals surface area (Å²) >= 11 is 0. The third-order valence-corrected chi connectivity index (χ3v) is 5.61. The van der Waals surface area contributed by atoms with E-state index in [-0.39, 0.29) is 0 Å². The van der Waals surface area contributed by atoms with Crippen LogP contribution in [0.5, 0.6) is 0 Å². The zero-order valence-electron chi connectivity index (χ0n) is 26.2. The molecule has 0 bridgehead atoms. The lowest BCUT2D eigenvalue weighted by atomic mass is 9.73. The Bertz CT molecular complexity index is 1140. The van der Waals surface area contributed by atoms with Crippen molar-refractivity contribution in [2.45, 2.75) is 73.2 Å². The minimum absolute atomic E-state index is 0.362. The fourth-order valence-corrected chi connectivity index (χ4v) is 3.97. The number of para-hydroxylation sites is 2. The summed E-state index contributed by atoms with van der Waals surface area (Å²) in [5.74, 6) is 0. The van der Waals surface area contributed by atoms with Gasteiger partial charge in [0.15, 0.2) is 0 Å². The van der Waals surface area contributed by atoms with Crippen LogP contribution < -0.4 is 10.6 Å². The fourth-order valence-electron chi connectivity index (χ4n) is 3.97. The van der Waals surface area contributed by atoms with E-state index in [4.69, 9.17) is 0 Å². The van der Waals surface area contributed by atoms with Crippen molar-refractivity contribution in [3.63, 3.8) is 0 Å². The maximum Gasteiger partial charge on any atom is 0.411 e. The Morgan fingerprint density at radius 1 is 0.349 bits per heavy atom. The number of alkyl halides is 6. The molecule has 2 nitrogen and oxygen atoms in total. The lowest BCUT2D eigenvalue weighted by Gasteiger charge is -2.38. The average molecular weight is 607 g/mol. The number of benzene rings is 4. The number of hydrogen-bond acceptors (Lipinski definition) is 2. The number of hydrogen-bond donors (Lipinski definition) is 2. The van der Waals surface area contributed by atoms with Crippen LogP contribution in [0, 0.1) is 0 Å². The van der Waals surface area contributed by atoms with Gasteiger partial charge in [0.25, 0.3) is 0 Å². The molecule has 0 aliphatic rings. The molecular formula is C35H44F6N2. The molecule has 0 fully saturated rings. The van der Waals surface area contributed by atoms with Crippen LogP contribution in [0.1, 0.15) is 66.5 Å². The van der Waals surface area contributed by atoms with Gasteiger partial charge in [-0.1, -0.05) is 116 Å². The Hall–Kier alpha value is -3.94. The monoisotopic (exact) mass is 606 g/mol. The summed E-state index contributed by atoms with van der Waals surface area (Å²) in [6.45, 7) is 16.0. The molecule has 4 aromatic carbocycles. The van der Waals surface area contributed by atoms with E-state index >= 15 is 0 Å². The molecule has 2 N–H and O–H groups in total. The highest BCUT2D eigenvalue weighted by Crippen LogP contribution is 2.56. The topological polar surface area (TPSA) is 24.1 Å². The van der Waals surface area contributed by atoms with E-state index in [1.807, 2.05) is 55.4 Å². The SMILES string of the molecule is CC.CC.CC.CC.FC(F)(F)C(c1ccc(Nc2ccccc2)cc1)(c1ccc(Nc2ccccc2)cc1)C(F)(F)F. The summed E-state index contributed by atoms with van der Waals surface area (Å²) < 4.78 is 86.3. The summed E-state index contributed by atoms with van der Waals surface area (Å²) in [6.07, 6.45) is -11.3. The standard InChI is InChI=1S/C27H20F6N2.4C2H6/c28-26(29,30)25(27(31,32)33,19-11-15-23(16-12-19)34-21-7-3-1-4-8-21)20-13-17-24(18-14-20)35-22-9-5-2-6-10-22;4*1-2/h1-18,34-35H;4*1-2H3. The lowest BCUT2D eigenvalue weighted by molar-refractivity contribution is -0.288. The van der Waals surface area contributed by atoms with E-state index in [0.717, 1.165) is 24.3 Å². The van der Waals surface area contributed by atoms with Crippen LogP contribution in [0.2, 0.25) is 0 Å². The molecule has 43 heavy (non-hydrogen) atoms. The second-order valence-electron chi connectivity index (χ2n) is 7.88. The Kier molecular flexibility index (Phi) is 17.5. The van der Waals surface area contributed by atoms with E-state index in [0.29, 0.717) is 22.7 Å². The number of rotatable bonds is 6. The van der Waals surface area contributed by atoms with E-state index in [2.05, 4.69) is 10.6 Å². The second-order valence-corrected chi connectivity index (χ2v) is 7.88. The first kappa shape index (κ1) is 39.1. The van der Waals surface area contributed by atoms with Crippen molar-refractivity contribution in [2.75, 3.05) is 10.6 Å². The maximum absolute atomic E-state index is 14.4. The summed E-state index contributed by atoms with van der Waals surface area (Å²) in [7, 11) is 0. The van der Waals surface area contributed by atoms with Gasteiger partial charge in [0, 0.05) is 22.7 Å². The third kappa shape index (κ3) is 10.1. The van der Waals surface area contributed by atoms with Crippen molar-refractivity contribution >= 4 is 22.7 Å². The van der Waals surface area contributed by atoms with Crippen LogP contribution in [0.25, 0.3) is 0 Å². The van der Waals surface area contributed by atoms with Crippen molar-refractivity contribution in [1.29, 1.82) is 0 Å². The molecule has 0 unspecified atom stereocenters. The van der Waals surface area contributed by atoms with E-state index in [1.165, 1.54) is 24.3 Å². The number of nitrogens with one attached hydrogen (secondary N) is 2. The first-order valence-corrected chi connectivity index (χ1v) is 14.6. The first-order chi connectivity index (χ1) is 20.6. The molecule has 0 aliphatic heterocycles. The van der Waals surface area contributed by atoms with Gasteiger partial charge in [0.2, 0.25) is 5.41 Å². The van der Waals surface area contributed by atoms with Gasteiger partial charge in [0.05, 0.1) is 0 Å². The summed E-state index contributed by atoms with van der Waals surface area (Å²) in [4.78, 5) is 0. The second kappa shape index (κ2) is 19.3.